The van der Waals surface area contributed by atoms with E-state index >= 15 is 0 Å². The zero-order valence-corrected chi connectivity index (χ0v) is 25.8. The number of carbonyl (C=O) groups excluding carboxylic acids is 8. The summed E-state index contributed by atoms with van der Waals surface area (Å²) in [5.74, 6) is -4.49. The zero-order valence-electron chi connectivity index (χ0n) is 25.8. The number of rotatable bonds is 5. The van der Waals surface area contributed by atoms with Gasteiger partial charge < -0.3 is 0 Å². The number of imide groups is 4. The Labute approximate surface area is 271 Å². The molecule has 8 rings (SSSR count). The molecule has 8 aliphatic rings. The highest BCUT2D eigenvalue weighted by atomic mass is 16.2. The van der Waals surface area contributed by atoms with E-state index in [0.717, 1.165) is 93.9 Å². The van der Waals surface area contributed by atoms with Crippen LogP contribution < -0.4 is 0 Å². The lowest BCUT2D eigenvalue weighted by Gasteiger charge is -2.59. The molecule has 4 fully saturated rings. The van der Waals surface area contributed by atoms with E-state index in [1.165, 1.54) is 25.7 Å². The molecule has 0 aromatic rings. The lowest BCUT2D eigenvalue weighted by molar-refractivity contribution is -0.153. The standard InChI is InChI=1S/C35H36N4O8/c40-23-9-10-24(41)36(23)32-31(18-7-8-21-19-5-3-1-2-4-6-20(19)22(21)17-18)33(37-25(42)11-12-26(37)43)35(39-29(46)15-16-30(39)47)34(32)38-27(44)13-14-28(38)45/h9-16,18-22,31-35H,1-8,17H2. The van der Waals surface area contributed by atoms with Crippen LogP contribution in [-0.2, 0) is 38.4 Å². The maximum Gasteiger partial charge on any atom is 0.254 e. The van der Waals surface area contributed by atoms with Gasteiger partial charge in [-0.05, 0) is 61.7 Å². The molecule has 12 nitrogen and oxygen atoms in total. The highest BCUT2D eigenvalue weighted by Crippen LogP contribution is 2.61. The molecule has 4 heterocycles. The molecule has 0 aromatic carbocycles. The molecule has 0 radical (unpaired) electrons. The molecule has 47 heavy (non-hydrogen) atoms. The van der Waals surface area contributed by atoms with Gasteiger partial charge in [0.2, 0.25) is 0 Å². The average Bonchev–Trinajstić information content (AvgIpc) is 3.81. The Morgan fingerprint density at radius 3 is 1.06 bits per heavy atom. The maximum absolute atomic E-state index is 13.5. The van der Waals surface area contributed by atoms with E-state index < -0.39 is 77.3 Å². The largest absolute Gasteiger partial charge is 0.270 e. The Morgan fingerprint density at radius 2 is 0.681 bits per heavy atom. The molecule has 0 aromatic heterocycles. The normalized spacial score (nSPS) is 39.8. The molecule has 12 heteroatoms. The fourth-order valence-electron chi connectivity index (χ4n) is 10.8. The summed E-state index contributed by atoms with van der Waals surface area (Å²) in [6.45, 7) is 0. The highest BCUT2D eigenvalue weighted by molar-refractivity contribution is 6.17. The minimum absolute atomic E-state index is 0.242. The Morgan fingerprint density at radius 1 is 0.362 bits per heavy atom. The van der Waals surface area contributed by atoms with Gasteiger partial charge in [-0.25, -0.2) is 0 Å². The molecule has 4 aliphatic heterocycles. The first-order valence-corrected chi connectivity index (χ1v) is 16.9. The van der Waals surface area contributed by atoms with Gasteiger partial charge in [0.05, 0.1) is 24.2 Å². The Hall–Kier alpha value is -4.48. The van der Waals surface area contributed by atoms with Gasteiger partial charge in [0.25, 0.3) is 47.3 Å². The third-order valence-corrected chi connectivity index (χ3v) is 12.4. The third kappa shape index (κ3) is 4.39. The predicted molar refractivity (Wildman–Crippen MR) is 162 cm³/mol. The van der Waals surface area contributed by atoms with E-state index in [4.69, 9.17) is 0 Å². The van der Waals surface area contributed by atoms with Crippen LogP contribution in [0.15, 0.2) is 48.6 Å². The van der Waals surface area contributed by atoms with Gasteiger partial charge in [0.15, 0.2) is 0 Å². The summed E-state index contributed by atoms with van der Waals surface area (Å²) < 4.78 is 0. The van der Waals surface area contributed by atoms with Crippen molar-refractivity contribution < 1.29 is 38.4 Å². The second kappa shape index (κ2) is 11.1. The maximum atomic E-state index is 13.5. The number of hydrogen-bond acceptors (Lipinski definition) is 8. The summed E-state index contributed by atoms with van der Waals surface area (Å²) >= 11 is 0. The Bertz CT molecular complexity index is 1480. The number of nitrogens with zero attached hydrogens (tertiary/aromatic N) is 4. The molecule has 9 unspecified atom stereocenters. The molecule has 0 saturated heterocycles. The third-order valence-electron chi connectivity index (χ3n) is 12.4. The quantitative estimate of drug-likeness (QED) is 0.410. The van der Waals surface area contributed by atoms with Crippen molar-refractivity contribution in [2.24, 2.45) is 35.5 Å². The average molecular weight is 641 g/mol. The summed E-state index contributed by atoms with van der Waals surface area (Å²) in [6.07, 6.45) is 18.2. The van der Waals surface area contributed by atoms with Crippen LogP contribution in [0.5, 0.6) is 0 Å². The van der Waals surface area contributed by atoms with Crippen LogP contribution in [0, 0.1) is 35.5 Å². The number of amides is 8. The van der Waals surface area contributed by atoms with Crippen LogP contribution >= 0.6 is 0 Å². The van der Waals surface area contributed by atoms with Crippen molar-refractivity contribution in [3.05, 3.63) is 48.6 Å². The van der Waals surface area contributed by atoms with Gasteiger partial charge in [0.1, 0.15) is 0 Å². The molecule has 0 spiro atoms. The molecule has 0 bridgehead atoms. The Kier molecular flexibility index (Phi) is 7.03. The van der Waals surface area contributed by atoms with Crippen molar-refractivity contribution in [1.29, 1.82) is 0 Å². The van der Waals surface area contributed by atoms with Crippen LogP contribution in [0.4, 0.5) is 0 Å². The van der Waals surface area contributed by atoms with E-state index in [1.54, 1.807) is 0 Å². The van der Waals surface area contributed by atoms with Gasteiger partial charge in [-0.3, -0.25) is 58.0 Å². The van der Waals surface area contributed by atoms with Crippen LogP contribution in [0.2, 0.25) is 0 Å². The molecular weight excluding hydrogens is 604 g/mol. The number of fused-ring (bicyclic) bond motifs is 4. The van der Waals surface area contributed by atoms with E-state index in [-0.39, 0.29) is 5.92 Å². The first-order valence-electron chi connectivity index (χ1n) is 16.9. The fourth-order valence-corrected chi connectivity index (χ4v) is 10.8. The van der Waals surface area contributed by atoms with Crippen LogP contribution in [0.1, 0.15) is 57.8 Å². The topological polar surface area (TPSA) is 150 Å². The highest BCUT2D eigenvalue weighted by Gasteiger charge is 2.67. The van der Waals surface area contributed by atoms with E-state index in [0.29, 0.717) is 30.1 Å². The minimum Gasteiger partial charge on any atom is -0.270 e. The van der Waals surface area contributed by atoms with Crippen LogP contribution in [0.3, 0.4) is 0 Å². The van der Waals surface area contributed by atoms with Gasteiger partial charge in [-0.15, -0.1) is 0 Å². The SMILES string of the molecule is O=C1C=CC(=O)N1C1C(C2CCC3C4CCCCCCC4C3C2)C(N2C(=O)C=CC2=O)C(N2C(=O)C=CC2=O)C1N1C(=O)C=CC1=O. The number of carbonyl (C=O) groups is 8. The summed E-state index contributed by atoms with van der Waals surface area (Å²) in [4.78, 5) is 112. The van der Waals surface area contributed by atoms with E-state index in [1.807, 2.05) is 0 Å². The Balaban J connectivity index is 1.29. The van der Waals surface area contributed by atoms with Crippen molar-refractivity contribution in [2.75, 3.05) is 0 Å². The lowest BCUT2D eigenvalue weighted by Crippen LogP contribution is -2.63. The van der Waals surface area contributed by atoms with E-state index in [2.05, 4.69) is 0 Å². The molecular formula is C35H36N4O8. The summed E-state index contributed by atoms with van der Waals surface area (Å²) in [6, 6.07) is -5.19. The predicted octanol–water partition coefficient (Wildman–Crippen LogP) is 1.42. The van der Waals surface area contributed by atoms with E-state index in [9.17, 15) is 38.4 Å². The van der Waals surface area contributed by atoms with Gasteiger partial charge in [-0.2, -0.15) is 0 Å². The van der Waals surface area contributed by atoms with Crippen LogP contribution in [-0.4, -0.2) is 91.0 Å². The first-order chi connectivity index (χ1) is 22.7. The van der Waals surface area contributed by atoms with Crippen molar-refractivity contribution in [2.45, 2.75) is 82.0 Å². The molecule has 244 valence electrons. The van der Waals surface area contributed by atoms with Gasteiger partial charge >= 0.3 is 0 Å². The van der Waals surface area contributed by atoms with Gasteiger partial charge in [0, 0.05) is 54.5 Å². The van der Waals surface area contributed by atoms with Crippen molar-refractivity contribution in [3.63, 3.8) is 0 Å². The fraction of sp³-hybridized carbons (Fsp3) is 0.543. The monoisotopic (exact) mass is 640 g/mol. The molecule has 4 aliphatic carbocycles. The van der Waals surface area contributed by atoms with Crippen LogP contribution in [0.25, 0.3) is 0 Å². The second-order valence-electron chi connectivity index (χ2n) is 14.3. The summed E-state index contributed by atoms with van der Waals surface area (Å²) in [5, 5.41) is 0. The van der Waals surface area contributed by atoms with Crippen molar-refractivity contribution in [3.8, 4) is 0 Å². The first kappa shape index (κ1) is 29.9. The molecule has 0 N–H and O–H groups in total. The molecule has 4 saturated carbocycles. The summed E-state index contributed by atoms with van der Waals surface area (Å²) in [5.41, 5.74) is 0. The number of hydrogen-bond donors (Lipinski definition) is 0. The summed E-state index contributed by atoms with van der Waals surface area (Å²) in [7, 11) is 0. The second-order valence-corrected chi connectivity index (χ2v) is 14.3. The lowest BCUT2D eigenvalue weighted by atomic mass is 9.47. The molecule has 8 amide bonds. The minimum atomic E-state index is -1.39. The zero-order chi connectivity index (χ0) is 32.7. The van der Waals surface area contributed by atoms with Crippen molar-refractivity contribution in [1.82, 2.24) is 19.6 Å². The molecule has 9 atom stereocenters. The van der Waals surface area contributed by atoms with Crippen molar-refractivity contribution >= 4 is 47.3 Å². The smallest absolute Gasteiger partial charge is 0.254 e. The van der Waals surface area contributed by atoms with Gasteiger partial charge in [-0.1, -0.05) is 25.7 Å².